The molecular formula is C13H15N3O3S. The lowest BCUT2D eigenvalue weighted by molar-refractivity contribution is 0.518. The van der Waals surface area contributed by atoms with Crippen LogP contribution in [0.1, 0.15) is 11.5 Å². The van der Waals surface area contributed by atoms with E-state index in [1.54, 1.807) is 30.3 Å². The van der Waals surface area contributed by atoms with Gasteiger partial charge in [0.1, 0.15) is 0 Å². The third-order valence-electron chi connectivity index (χ3n) is 2.57. The van der Waals surface area contributed by atoms with Crippen molar-refractivity contribution in [1.82, 2.24) is 10.2 Å². The van der Waals surface area contributed by atoms with Gasteiger partial charge in [-0.05, 0) is 17.7 Å². The molecule has 0 spiro atoms. The summed E-state index contributed by atoms with van der Waals surface area (Å²) in [7, 11) is -3.17. The Morgan fingerprint density at radius 3 is 2.60 bits per heavy atom. The molecule has 0 radical (unpaired) electrons. The normalized spacial score (nSPS) is 11.2. The highest BCUT2D eigenvalue weighted by molar-refractivity contribution is 7.90. The molecule has 0 aliphatic rings. The van der Waals surface area contributed by atoms with Gasteiger partial charge in [-0.25, -0.2) is 8.42 Å². The van der Waals surface area contributed by atoms with Crippen molar-refractivity contribution < 1.29 is 12.8 Å². The quantitative estimate of drug-likeness (QED) is 0.815. The molecule has 1 aromatic heterocycles. The van der Waals surface area contributed by atoms with E-state index in [1.807, 2.05) is 0 Å². The highest BCUT2D eigenvalue weighted by Crippen LogP contribution is 2.14. The monoisotopic (exact) mass is 293 g/mol. The van der Waals surface area contributed by atoms with Crippen LogP contribution < -0.4 is 5.32 Å². The Kier molecular flexibility index (Phi) is 4.19. The van der Waals surface area contributed by atoms with Crippen LogP contribution in [0.2, 0.25) is 0 Å². The van der Waals surface area contributed by atoms with Gasteiger partial charge in [0.25, 0.3) is 0 Å². The lowest BCUT2D eigenvalue weighted by Gasteiger charge is -2.00. The van der Waals surface area contributed by atoms with Crippen LogP contribution in [0.3, 0.4) is 0 Å². The lowest BCUT2D eigenvalue weighted by atomic mass is 10.1. The zero-order valence-corrected chi connectivity index (χ0v) is 11.9. The first-order chi connectivity index (χ1) is 9.49. The first kappa shape index (κ1) is 14.3. The molecule has 106 valence electrons. The summed E-state index contributed by atoms with van der Waals surface area (Å²) in [5.41, 5.74) is 0.899. The average molecular weight is 293 g/mol. The molecule has 1 heterocycles. The van der Waals surface area contributed by atoms with Crippen molar-refractivity contribution in [2.75, 3.05) is 18.1 Å². The second-order valence-electron chi connectivity index (χ2n) is 4.26. The van der Waals surface area contributed by atoms with E-state index in [0.717, 1.165) is 5.56 Å². The van der Waals surface area contributed by atoms with Crippen molar-refractivity contribution in [3.05, 3.63) is 48.4 Å². The molecule has 2 rings (SSSR count). The first-order valence-corrected chi connectivity index (χ1v) is 7.84. The van der Waals surface area contributed by atoms with Crippen molar-refractivity contribution in [2.24, 2.45) is 0 Å². The second-order valence-corrected chi connectivity index (χ2v) is 6.28. The lowest BCUT2D eigenvalue weighted by Crippen LogP contribution is -1.97. The number of aromatic nitrogens is 2. The molecule has 0 saturated carbocycles. The summed E-state index contributed by atoms with van der Waals surface area (Å²) >= 11 is 0. The van der Waals surface area contributed by atoms with Crippen LogP contribution in [0, 0.1) is 0 Å². The molecule has 0 atom stereocenters. The van der Waals surface area contributed by atoms with Gasteiger partial charge in [-0.15, -0.1) is 11.7 Å². The fourth-order valence-corrected chi connectivity index (χ4v) is 2.22. The SMILES string of the molecule is C=CCNc1nnc(Cc2ccc(S(C)(=O)=O)cc2)o1. The van der Waals surface area contributed by atoms with Crippen LogP contribution in [-0.2, 0) is 16.3 Å². The molecular weight excluding hydrogens is 278 g/mol. The number of rotatable bonds is 6. The molecule has 7 heteroatoms. The van der Waals surface area contributed by atoms with E-state index in [0.29, 0.717) is 29.8 Å². The number of nitrogens with one attached hydrogen (secondary N) is 1. The topological polar surface area (TPSA) is 85.1 Å². The molecule has 0 bridgehead atoms. The maximum Gasteiger partial charge on any atom is 0.315 e. The van der Waals surface area contributed by atoms with Crippen molar-refractivity contribution >= 4 is 15.9 Å². The molecule has 0 saturated heterocycles. The largest absolute Gasteiger partial charge is 0.408 e. The van der Waals surface area contributed by atoms with Gasteiger partial charge in [-0.2, -0.15) is 0 Å². The Balaban J connectivity index is 2.06. The predicted molar refractivity (Wildman–Crippen MR) is 75.3 cm³/mol. The van der Waals surface area contributed by atoms with Crippen molar-refractivity contribution in [3.63, 3.8) is 0 Å². The van der Waals surface area contributed by atoms with Gasteiger partial charge in [0.2, 0.25) is 5.89 Å². The summed E-state index contributed by atoms with van der Waals surface area (Å²) in [4.78, 5) is 0.292. The minimum atomic E-state index is -3.17. The van der Waals surface area contributed by atoms with E-state index >= 15 is 0 Å². The maximum absolute atomic E-state index is 11.3. The molecule has 1 aromatic carbocycles. The summed E-state index contributed by atoms with van der Waals surface area (Å²) < 4.78 is 28.1. The maximum atomic E-state index is 11.3. The molecule has 0 aliphatic heterocycles. The van der Waals surface area contributed by atoms with Crippen LogP contribution in [0.15, 0.2) is 46.2 Å². The minimum Gasteiger partial charge on any atom is -0.408 e. The van der Waals surface area contributed by atoms with Crippen LogP contribution in [0.5, 0.6) is 0 Å². The Labute approximate surface area is 117 Å². The summed E-state index contributed by atoms with van der Waals surface area (Å²) in [6.07, 6.45) is 3.32. The summed E-state index contributed by atoms with van der Waals surface area (Å²) in [6, 6.07) is 6.94. The van der Waals surface area contributed by atoms with E-state index in [4.69, 9.17) is 4.42 Å². The predicted octanol–water partition coefficient (Wildman–Crippen LogP) is 1.66. The minimum absolute atomic E-state index is 0.292. The molecule has 1 N–H and O–H groups in total. The Hall–Kier alpha value is -2.15. The molecule has 0 amide bonds. The van der Waals surface area contributed by atoms with Gasteiger partial charge in [-0.1, -0.05) is 23.3 Å². The third kappa shape index (κ3) is 3.67. The van der Waals surface area contributed by atoms with Gasteiger partial charge in [0.05, 0.1) is 11.3 Å². The molecule has 20 heavy (non-hydrogen) atoms. The summed E-state index contributed by atoms with van der Waals surface area (Å²) in [5.74, 6) is 0.462. The van der Waals surface area contributed by atoms with E-state index < -0.39 is 9.84 Å². The zero-order valence-electron chi connectivity index (χ0n) is 11.0. The van der Waals surface area contributed by atoms with Crippen molar-refractivity contribution in [1.29, 1.82) is 0 Å². The van der Waals surface area contributed by atoms with E-state index in [-0.39, 0.29) is 0 Å². The van der Waals surface area contributed by atoms with Crippen molar-refractivity contribution in [3.8, 4) is 0 Å². The highest BCUT2D eigenvalue weighted by atomic mass is 32.2. The molecule has 0 fully saturated rings. The standard InChI is InChI=1S/C13H15N3O3S/c1-3-8-14-13-16-15-12(19-13)9-10-4-6-11(7-5-10)20(2,17)18/h3-7H,1,8-9H2,2H3,(H,14,16). The Morgan fingerprint density at radius 1 is 1.30 bits per heavy atom. The number of benzene rings is 1. The van der Waals surface area contributed by atoms with Crippen LogP contribution >= 0.6 is 0 Å². The fourth-order valence-electron chi connectivity index (χ4n) is 1.59. The molecule has 0 aliphatic carbocycles. The number of anilines is 1. The number of hydrogen-bond donors (Lipinski definition) is 1. The molecule has 2 aromatic rings. The smallest absolute Gasteiger partial charge is 0.315 e. The average Bonchev–Trinajstić information content (AvgIpc) is 2.83. The number of hydrogen-bond acceptors (Lipinski definition) is 6. The van der Waals surface area contributed by atoms with E-state index in [1.165, 1.54) is 6.26 Å². The number of nitrogens with zero attached hydrogens (tertiary/aromatic N) is 2. The molecule has 6 nitrogen and oxygen atoms in total. The fraction of sp³-hybridized carbons (Fsp3) is 0.231. The molecule has 0 unspecified atom stereocenters. The van der Waals surface area contributed by atoms with Gasteiger partial charge in [0.15, 0.2) is 9.84 Å². The highest BCUT2D eigenvalue weighted by Gasteiger charge is 2.09. The summed E-state index contributed by atoms with van der Waals surface area (Å²) in [6.45, 7) is 4.12. The Morgan fingerprint density at radius 2 is 2.00 bits per heavy atom. The van der Waals surface area contributed by atoms with Crippen LogP contribution in [-0.4, -0.2) is 31.4 Å². The Bertz CT molecular complexity index is 690. The zero-order chi connectivity index (χ0) is 14.6. The summed E-state index contributed by atoms with van der Waals surface area (Å²) in [5, 5.41) is 10.6. The van der Waals surface area contributed by atoms with Crippen molar-refractivity contribution in [2.45, 2.75) is 11.3 Å². The first-order valence-electron chi connectivity index (χ1n) is 5.95. The van der Waals surface area contributed by atoms with Gasteiger partial charge >= 0.3 is 6.01 Å². The van der Waals surface area contributed by atoms with E-state index in [9.17, 15) is 8.42 Å². The second kappa shape index (κ2) is 5.87. The van der Waals surface area contributed by atoms with Gasteiger partial charge in [-0.3, -0.25) is 0 Å². The van der Waals surface area contributed by atoms with Crippen LogP contribution in [0.25, 0.3) is 0 Å². The van der Waals surface area contributed by atoms with Gasteiger partial charge < -0.3 is 9.73 Å². The van der Waals surface area contributed by atoms with Crippen LogP contribution in [0.4, 0.5) is 6.01 Å². The van der Waals surface area contributed by atoms with Gasteiger partial charge in [0, 0.05) is 12.8 Å². The third-order valence-corrected chi connectivity index (χ3v) is 3.70. The number of sulfone groups is 1. The van der Waals surface area contributed by atoms with E-state index in [2.05, 4.69) is 22.1 Å².